The minimum Gasteiger partial charge on any atom is -0.493 e. The summed E-state index contributed by atoms with van der Waals surface area (Å²) in [6.45, 7) is 3.50. The maximum Gasteiger partial charge on any atom is 0.238 e. The van der Waals surface area contributed by atoms with Gasteiger partial charge in [-0.2, -0.15) is 0 Å². The second kappa shape index (κ2) is 5.93. The first-order chi connectivity index (χ1) is 10.2. The van der Waals surface area contributed by atoms with Crippen LogP contribution in [0.15, 0.2) is 18.2 Å². The molecule has 1 aromatic rings. The SMILES string of the molecule is CCOc1cc(C2NC(=O)C3CCCCN32)ccc1OC. The van der Waals surface area contributed by atoms with Crippen molar-refractivity contribution in [1.29, 1.82) is 0 Å². The molecule has 0 aliphatic carbocycles. The lowest BCUT2D eigenvalue weighted by atomic mass is 10.0. The van der Waals surface area contributed by atoms with E-state index >= 15 is 0 Å². The Kier molecular flexibility index (Phi) is 4.01. The maximum absolute atomic E-state index is 12.1. The average molecular weight is 290 g/mol. The number of nitrogens with one attached hydrogen (secondary N) is 1. The lowest BCUT2D eigenvalue weighted by molar-refractivity contribution is -0.122. The molecule has 114 valence electrons. The summed E-state index contributed by atoms with van der Waals surface area (Å²) >= 11 is 0. The van der Waals surface area contributed by atoms with Gasteiger partial charge in [0, 0.05) is 6.54 Å². The van der Waals surface area contributed by atoms with Crippen LogP contribution in [0.4, 0.5) is 0 Å². The molecule has 5 heteroatoms. The van der Waals surface area contributed by atoms with Crippen LogP contribution in [0.5, 0.6) is 11.5 Å². The zero-order chi connectivity index (χ0) is 14.8. The largest absolute Gasteiger partial charge is 0.493 e. The summed E-state index contributed by atoms with van der Waals surface area (Å²) in [5.41, 5.74) is 1.05. The molecule has 2 saturated heterocycles. The Morgan fingerprint density at radius 2 is 2.19 bits per heavy atom. The van der Waals surface area contributed by atoms with Gasteiger partial charge in [0.15, 0.2) is 11.5 Å². The van der Waals surface area contributed by atoms with Gasteiger partial charge >= 0.3 is 0 Å². The fourth-order valence-corrected chi connectivity index (χ4v) is 3.26. The molecule has 3 rings (SSSR count). The van der Waals surface area contributed by atoms with Crippen LogP contribution >= 0.6 is 0 Å². The molecule has 0 spiro atoms. The van der Waals surface area contributed by atoms with Crippen molar-refractivity contribution < 1.29 is 14.3 Å². The van der Waals surface area contributed by atoms with Crippen molar-refractivity contribution in [3.05, 3.63) is 23.8 Å². The topological polar surface area (TPSA) is 50.8 Å². The number of fused-ring (bicyclic) bond motifs is 1. The van der Waals surface area contributed by atoms with E-state index in [2.05, 4.69) is 10.2 Å². The summed E-state index contributed by atoms with van der Waals surface area (Å²) in [7, 11) is 1.63. The van der Waals surface area contributed by atoms with Crippen LogP contribution in [-0.4, -0.2) is 37.1 Å². The van der Waals surface area contributed by atoms with Gasteiger partial charge in [-0.1, -0.05) is 12.5 Å². The van der Waals surface area contributed by atoms with Crippen LogP contribution in [-0.2, 0) is 4.79 Å². The minimum absolute atomic E-state index is 0.0291. The molecule has 0 bridgehead atoms. The molecule has 0 saturated carbocycles. The first kappa shape index (κ1) is 14.2. The molecule has 1 aromatic carbocycles. The molecule has 2 aliphatic rings. The monoisotopic (exact) mass is 290 g/mol. The fraction of sp³-hybridized carbons (Fsp3) is 0.562. The molecule has 21 heavy (non-hydrogen) atoms. The number of carbonyl (C=O) groups is 1. The van der Waals surface area contributed by atoms with Crippen LogP contribution in [0.3, 0.4) is 0 Å². The normalized spacial score (nSPS) is 25.3. The number of carbonyl (C=O) groups excluding carboxylic acids is 1. The quantitative estimate of drug-likeness (QED) is 0.922. The second-order valence-electron chi connectivity index (χ2n) is 5.50. The summed E-state index contributed by atoms with van der Waals surface area (Å²) in [5, 5.41) is 3.11. The molecular formula is C16H22N2O3. The summed E-state index contributed by atoms with van der Waals surface area (Å²) in [6.07, 6.45) is 3.19. The Balaban J connectivity index is 1.89. The van der Waals surface area contributed by atoms with E-state index in [0.29, 0.717) is 6.61 Å². The molecular weight excluding hydrogens is 268 g/mol. The third kappa shape index (κ3) is 2.58. The van der Waals surface area contributed by atoms with Crippen molar-refractivity contribution >= 4 is 5.91 Å². The number of hydrogen-bond acceptors (Lipinski definition) is 4. The van der Waals surface area contributed by atoms with Crippen LogP contribution in [0.25, 0.3) is 0 Å². The van der Waals surface area contributed by atoms with Crippen LogP contribution in [0, 0.1) is 0 Å². The number of hydrogen-bond donors (Lipinski definition) is 1. The molecule has 2 unspecified atom stereocenters. The highest BCUT2D eigenvalue weighted by Crippen LogP contribution is 2.36. The molecule has 1 amide bonds. The standard InChI is InChI=1S/C16H22N2O3/c1-3-21-14-10-11(7-8-13(14)20-2)15-17-16(19)12-6-4-5-9-18(12)15/h7-8,10,12,15H,3-6,9H2,1-2H3,(H,17,19). The Bertz CT molecular complexity index is 532. The number of ether oxygens (including phenoxy) is 2. The van der Waals surface area contributed by atoms with E-state index in [1.807, 2.05) is 25.1 Å². The molecule has 2 atom stereocenters. The molecule has 5 nitrogen and oxygen atoms in total. The fourth-order valence-electron chi connectivity index (χ4n) is 3.26. The zero-order valence-corrected chi connectivity index (χ0v) is 12.6. The van der Waals surface area contributed by atoms with E-state index in [9.17, 15) is 4.79 Å². The van der Waals surface area contributed by atoms with Crippen molar-refractivity contribution in [2.75, 3.05) is 20.3 Å². The first-order valence-corrected chi connectivity index (χ1v) is 7.61. The van der Waals surface area contributed by atoms with Gasteiger partial charge in [-0.05, 0) is 37.5 Å². The van der Waals surface area contributed by atoms with Crippen LogP contribution in [0.1, 0.15) is 37.9 Å². The second-order valence-corrected chi connectivity index (χ2v) is 5.50. The van der Waals surface area contributed by atoms with Gasteiger partial charge in [0.1, 0.15) is 6.17 Å². The number of benzene rings is 1. The van der Waals surface area contributed by atoms with E-state index in [1.165, 1.54) is 0 Å². The first-order valence-electron chi connectivity index (χ1n) is 7.61. The van der Waals surface area contributed by atoms with E-state index in [1.54, 1.807) is 7.11 Å². The lowest BCUT2D eigenvalue weighted by Gasteiger charge is -2.31. The van der Waals surface area contributed by atoms with Crippen LogP contribution < -0.4 is 14.8 Å². The van der Waals surface area contributed by atoms with Crippen molar-refractivity contribution in [2.45, 2.75) is 38.4 Å². The van der Waals surface area contributed by atoms with Crippen LogP contribution in [0.2, 0.25) is 0 Å². The van der Waals surface area contributed by atoms with E-state index in [0.717, 1.165) is 42.9 Å². The Morgan fingerprint density at radius 1 is 1.33 bits per heavy atom. The van der Waals surface area contributed by atoms with Gasteiger partial charge in [-0.3, -0.25) is 9.69 Å². The lowest BCUT2D eigenvalue weighted by Crippen LogP contribution is -2.38. The number of amides is 1. The zero-order valence-electron chi connectivity index (χ0n) is 12.6. The van der Waals surface area contributed by atoms with E-state index in [4.69, 9.17) is 9.47 Å². The summed E-state index contributed by atoms with van der Waals surface area (Å²) in [4.78, 5) is 14.4. The summed E-state index contributed by atoms with van der Waals surface area (Å²) in [5.74, 6) is 1.60. The van der Waals surface area contributed by atoms with Gasteiger partial charge in [0.05, 0.1) is 19.8 Å². The van der Waals surface area contributed by atoms with E-state index in [-0.39, 0.29) is 18.1 Å². The highest BCUT2D eigenvalue weighted by atomic mass is 16.5. The smallest absolute Gasteiger partial charge is 0.238 e. The summed E-state index contributed by atoms with van der Waals surface area (Å²) < 4.78 is 11.0. The predicted molar refractivity (Wildman–Crippen MR) is 79.4 cm³/mol. The van der Waals surface area contributed by atoms with Crippen molar-refractivity contribution in [2.24, 2.45) is 0 Å². The average Bonchev–Trinajstić information content (AvgIpc) is 2.85. The number of nitrogens with zero attached hydrogens (tertiary/aromatic N) is 1. The molecule has 2 heterocycles. The molecule has 1 N–H and O–H groups in total. The third-order valence-electron chi connectivity index (χ3n) is 4.26. The highest BCUT2D eigenvalue weighted by molar-refractivity contribution is 5.84. The molecule has 2 fully saturated rings. The van der Waals surface area contributed by atoms with Gasteiger partial charge in [-0.25, -0.2) is 0 Å². The molecule has 0 radical (unpaired) electrons. The van der Waals surface area contributed by atoms with Gasteiger partial charge in [-0.15, -0.1) is 0 Å². The molecule has 0 aromatic heterocycles. The van der Waals surface area contributed by atoms with Crippen molar-refractivity contribution in [1.82, 2.24) is 10.2 Å². The Morgan fingerprint density at radius 3 is 2.95 bits per heavy atom. The Hall–Kier alpha value is -1.75. The third-order valence-corrected chi connectivity index (χ3v) is 4.26. The van der Waals surface area contributed by atoms with Gasteiger partial charge < -0.3 is 14.8 Å². The van der Waals surface area contributed by atoms with Crippen molar-refractivity contribution in [3.8, 4) is 11.5 Å². The van der Waals surface area contributed by atoms with Crippen molar-refractivity contribution in [3.63, 3.8) is 0 Å². The Labute approximate surface area is 125 Å². The number of rotatable bonds is 4. The minimum atomic E-state index is -0.0482. The summed E-state index contributed by atoms with van der Waals surface area (Å²) in [6, 6.07) is 5.92. The maximum atomic E-state index is 12.1. The van der Waals surface area contributed by atoms with Gasteiger partial charge in [0.2, 0.25) is 5.91 Å². The number of piperidine rings is 1. The van der Waals surface area contributed by atoms with Gasteiger partial charge in [0.25, 0.3) is 0 Å². The number of methoxy groups -OCH3 is 1. The van der Waals surface area contributed by atoms with E-state index < -0.39 is 0 Å². The predicted octanol–water partition coefficient (Wildman–Crippen LogP) is 2.08. The molecule has 2 aliphatic heterocycles. The highest BCUT2D eigenvalue weighted by Gasteiger charge is 2.41.